The van der Waals surface area contributed by atoms with E-state index in [0.29, 0.717) is 0 Å². The minimum Gasteiger partial charge on any atom is -0.311 e. The Hall–Kier alpha value is -12.4. The largest absolute Gasteiger partial charge is 0.311 e. The zero-order valence-electron chi connectivity index (χ0n) is 64.4. The van der Waals surface area contributed by atoms with Crippen LogP contribution in [-0.2, 0) is 21.7 Å². The van der Waals surface area contributed by atoms with E-state index in [9.17, 15) is 0 Å². The molecule has 2 aliphatic carbocycles. The van der Waals surface area contributed by atoms with Crippen molar-refractivity contribution in [3.05, 3.63) is 356 Å². The molecule has 0 saturated carbocycles. The molecule has 0 saturated heterocycles. The lowest BCUT2D eigenvalue weighted by Gasteiger charge is -2.44. The molecule has 4 nitrogen and oxygen atoms in total. The van der Waals surface area contributed by atoms with Crippen LogP contribution in [0.2, 0.25) is 0 Å². The van der Waals surface area contributed by atoms with Crippen LogP contribution in [0.25, 0.3) is 122 Å². The molecule has 0 unspecified atom stereocenters. The number of fused-ring (bicyclic) bond motifs is 12. The van der Waals surface area contributed by atoms with Gasteiger partial charge < -0.3 is 18.9 Å². The summed E-state index contributed by atoms with van der Waals surface area (Å²) in [6.45, 7) is 19.3. The Balaban J connectivity index is 0.845. The first-order valence-electron chi connectivity index (χ1n) is 39.9. The molecule has 15 aromatic carbocycles. The van der Waals surface area contributed by atoms with Gasteiger partial charge in [-0.2, -0.15) is 0 Å². The Morgan fingerprint density at radius 3 is 0.955 bits per heavy atom. The molecule has 0 atom stereocenters. The minimum absolute atomic E-state index is 0.0656. The number of anilines is 6. The van der Waals surface area contributed by atoms with Gasteiger partial charge in [-0.1, -0.05) is 292 Å². The van der Waals surface area contributed by atoms with E-state index < -0.39 is 0 Å². The number of rotatable bonds is 10. The smallest absolute Gasteiger partial charge is 0.252 e. The highest BCUT2D eigenvalue weighted by Gasteiger charge is 2.45. The van der Waals surface area contributed by atoms with Gasteiger partial charge in [-0.05, 0) is 250 Å². The topological polar surface area (TPSA) is 16.3 Å². The fourth-order valence-corrected chi connectivity index (χ4v) is 19.7. The molecule has 17 aromatic rings. The summed E-state index contributed by atoms with van der Waals surface area (Å²) < 4.78 is 5.09. The SMILES string of the molecule is CC1(C)CCC(C)(C)c2cc(-c3ccc(N4c5cc(-c6ccccc6)ccc5B5c6ccc(-n7c8ccccc8c8cc(-c9ccccc9)ccc87)cc6N(c6ccc(-c7ccc8c(c7)C(C)(C)CCC8(C)C)cc6)c6cc(-n7c8ccc(-c9ccccc9)cc8c8cc(-c9ccccc9)ccc87)cc4c65)cc3)ccc21. The molecule has 21 rings (SSSR count). The summed E-state index contributed by atoms with van der Waals surface area (Å²) in [6.07, 6.45) is 4.68. The Bertz CT molecular complexity index is 6520. The predicted molar refractivity (Wildman–Crippen MR) is 472 cm³/mol. The molecule has 0 radical (unpaired) electrons. The molecular formula is C106H87BN4. The highest BCUT2D eigenvalue weighted by molar-refractivity contribution is 7.00. The second kappa shape index (κ2) is 25.1. The van der Waals surface area contributed by atoms with E-state index in [0.717, 1.165) is 69.4 Å². The third-order valence-corrected chi connectivity index (χ3v) is 26.0. The first-order valence-corrected chi connectivity index (χ1v) is 39.9. The standard InChI is InChI=1S/C106H87BN4/c1-103(2)55-57-105(5,6)90-62-77(37-48-88(90)103)72-33-43-80(44-34-72)108-98-64-79(71-29-19-12-20-30-71)39-50-92(98)107-93-51-47-82(110-94-32-22-21-31-84(94)85-59-74(40-52-95(85)110)68-23-13-9-14-24-68)65-99(93)109(81-45-35-73(36-46-81)78-38-49-89-91(63-78)106(7,8)58-56-104(89,3)4)101-67-83(66-100(108)102(101)107)111-96-53-41-75(69-25-15-10-16-26-69)60-86(96)87-61-76(42-54-97(87)111)70-27-17-11-18-28-70/h9-54,59-67H,55-58H2,1-8H3. The summed E-state index contributed by atoms with van der Waals surface area (Å²) in [6, 6.07) is 128. The molecule has 0 bridgehead atoms. The van der Waals surface area contributed by atoms with Crippen LogP contribution in [0.4, 0.5) is 34.1 Å². The van der Waals surface area contributed by atoms with Crippen LogP contribution in [0.5, 0.6) is 0 Å². The van der Waals surface area contributed by atoms with Crippen molar-refractivity contribution in [2.75, 3.05) is 9.80 Å². The average Bonchev–Trinajstić information content (AvgIpc) is 1.61. The number of nitrogens with zero attached hydrogens (tertiary/aromatic N) is 4. The lowest BCUT2D eigenvalue weighted by Crippen LogP contribution is -2.61. The Morgan fingerprint density at radius 2 is 0.514 bits per heavy atom. The van der Waals surface area contributed by atoms with Crippen molar-refractivity contribution in [1.82, 2.24) is 9.13 Å². The van der Waals surface area contributed by atoms with Gasteiger partial charge in [0.25, 0.3) is 6.71 Å². The van der Waals surface area contributed by atoms with E-state index in [-0.39, 0.29) is 28.4 Å². The van der Waals surface area contributed by atoms with Crippen molar-refractivity contribution in [1.29, 1.82) is 0 Å². The lowest BCUT2D eigenvalue weighted by atomic mass is 9.33. The first-order chi connectivity index (χ1) is 54.0. The first kappa shape index (κ1) is 66.7. The van der Waals surface area contributed by atoms with Gasteiger partial charge in [0.15, 0.2) is 0 Å². The van der Waals surface area contributed by atoms with Crippen molar-refractivity contribution >= 4 is 101 Å². The van der Waals surface area contributed by atoms with E-state index >= 15 is 0 Å². The van der Waals surface area contributed by atoms with Gasteiger partial charge in [0, 0.05) is 61.4 Å². The number of hydrogen-bond acceptors (Lipinski definition) is 2. The number of para-hydroxylation sites is 1. The van der Waals surface area contributed by atoms with Crippen molar-refractivity contribution in [2.45, 2.75) is 103 Å². The van der Waals surface area contributed by atoms with Gasteiger partial charge in [0.05, 0.1) is 27.8 Å². The number of aromatic nitrogens is 2. The molecule has 2 aromatic heterocycles. The summed E-state index contributed by atoms with van der Waals surface area (Å²) in [5.74, 6) is 0. The van der Waals surface area contributed by atoms with E-state index in [2.05, 4.69) is 408 Å². The quantitative estimate of drug-likeness (QED) is 0.127. The zero-order chi connectivity index (χ0) is 74.8. The Morgan fingerprint density at radius 1 is 0.216 bits per heavy atom. The third kappa shape index (κ3) is 10.8. The van der Waals surface area contributed by atoms with E-state index in [1.54, 1.807) is 0 Å². The summed E-state index contributed by atoms with van der Waals surface area (Å²) in [5, 5.41) is 4.85. The molecule has 2 aliphatic heterocycles. The van der Waals surface area contributed by atoms with E-state index in [4.69, 9.17) is 0 Å². The fourth-order valence-electron chi connectivity index (χ4n) is 19.7. The Labute approximate surface area is 652 Å². The molecule has 5 heteroatoms. The van der Waals surface area contributed by atoms with Gasteiger partial charge in [-0.25, -0.2) is 0 Å². The molecule has 111 heavy (non-hydrogen) atoms. The van der Waals surface area contributed by atoms with E-state index in [1.165, 1.54) is 151 Å². The van der Waals surface area contributed by atoms with Crippen molar-refractivity contribution in [2.24, 2.45) is 0 Å². The van der Waals surface area contributed by atoms with Crippen LogP contribution in [-0.4, -0.2) is 15.8 Å². The van der Waals surface area contributed by atoms with Crippen LogP contribution >= 0.6 is 0 Å². The van der Waals surface area contributed by atoms with Gasteiger partial charge in [-0.15, -0.1) is 0 Å². The second-order valence-electron chi connectivity index (χ2n) is 34.5. The van der Waals surface area contributed by atoms with E-state index in [1.807, 2.05) is 0 Å². The highest BCUT2D eigenvalue weighted by atomic mass is 15.2. The monoisotopic (exact) mass is 1430 g/mol. The van der Waals surface area contributed by atoms with Crippen LogP contribution in [0.1, 0.15) is 103 Å². The summed E-state index contributed by atoms with van der Waals surface area (Å²) in [7, 11) is 0. The zero-order valence-corrected chi connectivity index (χ0v) is 64.4. The maximum absolute atomic E-state index is 2.64. The summed E-state index contributed by atoms with van der Waals surface area (Å²) >= 11 is 0. The van der Waals surface area contributed by atoms with Crippen LogP contribution in [0, 0.1) is 0 Å². The van der Waals surface area contributed by atoms with Crippen molar-refractivity contribution in [3.8, 4) is 78.1 Å². The molecular weight excluding hydrogens is 1340 g/mol. The lowest BCUT2D eigenvalue weighted by molar-refractivity contribution is 0.332. The fraction of sp³-hybridized carbons (Fsp3) is 0.151. The maximum atomic E-state index is 2.64. The van der Waals surface area contributed by atoms with Crippen molar-refractivity contribution < 1.29 is 0 Å². The normalized spacial score (nSPS) is 15.5. The third-order valence-electron chi connectivity index (χ3n) is 26.0. The van der Waals surface area contributed by atoms with Gasteiger partial charge in [0.2, 0.25) is 0 Å². The van der Waals surface area contributed by atoms with Gasteiger partial charge in [0.1, 0.15) is 0 Å². The predicted octanol–water partition coefficient (Wildman–Crippen LogP) is 26.7. The van der Waals surface area contributed by atoms with Crippen LogP contribution in [0.3, 0.4) is 0 Å². The van der Waals surface area contributed by atoms with Crippen molar-refractivity contribution in [3.63, 3.8) is 0 Å². The Kier molecular flexibility index (Phi) is 15.1. The molecule has 0 fully saturated rings. The highest BCUT2D eigenvalue weighted by Crippen LogP contribution is 2.53. The van der Waals surface area contributed by atoms with Gasteiger partial charge >= 0.3 is 0 Å². The molecule has 534 valence electrons. The number of hydrogen-bond donors (Lipinski definition) is 0. The average molecular weight is 1430 g/mol. The summed E-state index contributed by atoms with van der Waals surface area (Å²) in [5.41, 5.74) is 38.0. The second-order valence-corrected chi connectivity index (χ2v) is 34.5. The molecule has 4 aliphatic rings. The van der Waals surface area contributed by atoms with Gasteiger partial charge in [-0.3, -0.25) is 0 Å². The minimum atomic E-state index is -0.184. The molecule has 0 amide bonds. The number of benzene rings is 15. The molecule has 0 N–H and O–H groups in total. The molecule has 4 heterocycles. The molecule has 0 spiro atoms. The van der Waals surface area contributed by atoms with Crippen LogP contribution < -0.4 is 26.2 Å². The van der Waals surface area contributed by atoms with Crippen LogP contribution in [0.15, 0.2) is 334 Å². The maximum Gasteiger partial charge on any atom is 0.252 e. The summed E-state index contributed by atoms with van der Waals surface area (Å²) in [4.78, 5) is 5.26.